The molecule has 176 valence electrons. The maximum atomic E-state index is 13.3. The van der Waals surface area contributed by atoms with E-state index >= 15 is 0 Å². The zero-order valence-electron chi connectivity index (χ0n) is 19.9. The second kappa shape index (κ2) is 8.42. The van der Waals surface area contributed by atoms with E-state index in [0.717, 1.165) is 29.7 Å². The first kappa shape index (κ1) is 22.9. The molecule has 7 heteroatoms. The zero-order chi connectivity index (χ0) is 24.1. The summed E-state index contributed by atoms with van der Waals surface area (Å²) in [4.78, 5) is 33.6. The average Bonchev–Trinajstić information content (AvgIpc) is 3.72. The first-order valence-corrected chi connectivity index (χ1v) is 12.8. The van der Waals surface area contributed by atoms with Gasteiger partial charge < -0.3 is 10.2 Å². The molecule has 1 aromatic heterocycles. The van der Waals surface area contributed by atoms with Crippen molar-refractivity contribution in [1.82, 2.24) is 15.2 Å². The highest BCUT2D eigenvalue weighted by molar-refractivity contribution is 8.00. The third-order valence-electron chi connectivity index (χ3n) is 7.37. The predicted molar refractivity (Wildman–Crippen MR) is 132 cm³/mol. The number of rotatable bonds is 6. The number of aryl methyl sites for hydroxylation is 2. The van der Waals surface area contributed by atoms with Crippen LogP contribution in [0.25, 0.3) is 11.1 Å². The van der Waals surface area contributed by atoms with Gasteiger partial charge in [-0.25, -0.2) is 0 Å². The number of nitriles is 1. The number of nitrogens with zero attached hydrogens (tertiary/aromatic N) is 3. The Morgan fingerprint density at radius 3 is 2.50 bits per heavy atom. The van der Waals surface area contributed by atoms with Crippen LogP contribution in [0.1, 0.15) is 50.3 Å². The number of aromatic nitrogens is 1. The maximum absolute atomic E-state index is 13.3. The molecular formula is C27H30N4O2S. The highest BCUT2D eigenvalue weighted by Crippen LogP contribution is 2.48. The summed E-state index contributed by atoms with van der Waals surface area (Å²) in [5, 5.41) is 12.5. The summed E-state index contributed by atoms with van der Waals surface area (Å²) >= 11 is 1.75. The van der Waals surface area contributed by atoms with Crippen LogP contribution in [0.2, 0.25) is 0 Å². The molecule has 2 aromatic rings. The predicted octanol–water partition coefficient (Wildman–Crippen LogP) is 4.40. The molecule has 0 radical (unpaired) electrons. The molecule has 3 aliphatic rings. The first-order chi connectivity index (χ1) is 16.2. The Kier molecular flexibility index (Phi) is 5.68. The third kappa shape index (κ3) is 4.44. The third-order valence-corrected chi connectivity index (χ3v) is 8.75. The summed E-state index contributed by atoms with van der Waals surface area (Å²) in [7, 11) is 0. The molecule has 2 heterocycles. The van der Waals surface area contributed by atoms with Gasteiger partial charge in [-0.3, -0.25) is 14.6 Å². The molecule has 34 heavy (non-hydrogen) atoms. The van der Waals surface area contributed by atoms with Gasteiger partial charge in [-0.05, 0) is 80.8 Å². The van der Waals surface area contributed by atoms with Crippen molar-refractivity contribution in [2.24, 2.45) is 5.41 Å². The van der Waals surface area contributed by atoms with E-state index < -0.39 is 11.6 Å². The van der Waals surface area contributed by atoms with E-state index in [1.807, 2.05) is 26.1 Å². The number of benzene rings is 1. The van der Waals surface area contributed by atoms with Crippen molar-refractivity contribution in [1.29, 1.82) is 5.26 Å². The molecular weight excluding hydrogens is 444 g/mol. The van der Waals surface area contributed by atoms with Crippen LogP contribution in [0.3, 0.4) is 0 Å². The van der Waals surface area contributed by atoms with Crippen molar-refractivity contribution < 1.29 is 9.59 Å². The molecule has 2 aliphatic carbocycles. The van der Waals surface area contributed by atoms with Crippen LogP contribution in [-0.2, 0) is 9.59 Å². The van der Waals surface area contributed by atoms with Crippen LogP contribution in [0, 0.1) is 30.6 Å². The molecule has 2 saturated carbocycles. The molecule has 2 amide bonds. The fourth-order valence-electron chi connectivity index (χ4n) is 4.68. The van der Waals surface area contributed by atoms with E-state index in [2.05, 4.69) is 47.6 Å². The molecule has 0 spiro atoms. The number of pyridine rings is 1. The quantitative estimate of drug-likeness (QED) is 0.671. The number of likely N-dealkylation sites (tertiary alicyclic amines) is 1. The number of amides is 2. The summed E-state index contributed by atoms with van der Waals surface area (Å²) in [6.07, 6.45) is 5.57. The minimum atomic E-state index is -0.724. The topological polar surface area (TPSA) is 86.1 Å². The molecule has 2 atom stereocenters. The van der Waals surface area contributed by atoms with Crippen molar-refractivity contribution in [3.63, 3.8) is 0 Å². The van der Waals surface area contributed by atoms with Crippen LogP contribution >= 0.6 is 11.8 Å². The van der Waals surface area contributed by atoms with Gasteiger partial charge in [-0.1, -0.05) is 19.1 Å². The molecule has 0 bridgehead atoms. The van der Waals surface area contributed by atoms with Crippen LogP contribution in [0.5, 0.6) is 0 Å². The van der Waals surface area contributed by atoms with E-state index in [1.165, 1.54) is 10.5 Å². The van der Waals surface area contributed by atoms with E-state index in [0.29, 0.717) is 25.8 Å². The molecule has 3 fully saturated rings. The Hall–Kier alpha value is -2.85. The fraction of sp³-hybridized carbons (Fsp3) is 0.481. The summed E-state index contributed by atoms with van der Waals surface area (Å²) in [5.41, 5.74) is 3.41. The van der Waals surface area contributed by atoms with E-state index in [9.17, 15) is 14.9 Å². The summed E-state index contributed by atoms with van der Waals surface area (Å²) in [5.74, 6) is -0.0995. The van der Waals surface area contributed by atoms with Gasteiger partial charge in [0.15, 0.2) is 0 Å². The monoisotopic (exact) mass is 474 g/mol. The van der Waals surface area contributed by atoms with Gasteiger partial charge >= 0.3 is 0 Å². The first-order valence-electron chi connectivity index (χ1n) is 12.0. The molecule has 1 aromatic carbocycles. The number of carbonyl (C=O) groups is 2. The van der Waals surface area contributed by atoms with Gasteiger partial charge in [0.1, 0.15) is 11.6 Å². The lowest BCUT2D eigenvalue weighted by atomic mass is 10.0. The highest BCUT2D eigenvalue weighted by Gasteiger charge is 2.53. The fourth-order valence-corrected chi connectivity index (χ4v) is 5.94. The second-order valence-electron chi connectivity index (χ2n) is 10.4. The minimum absolute atomic E-state index is 0.0812. The average molecular weight is 475 g/mol. The number of hydrogen-bond donors (Lipinski definition) is 1. The van der Waals surface area contributed by atoms with Gasteiger partial charge in [0, 0.05) is 34.0 Å². The van der Waals surface area contributed by atoms with Crippen LogP contribution in [0.15, 0.2) is 41.4 Å². The summed E-state index contributed by atoms with van der Waals surface area (Å²) < 4.78 is 0. The Bertz CT molecular complexity index is 1200. The molecule has 5 rings (SSSR count). The lowest BCUT2D eigenvalue weighted by Gasteiger charge is -2.27. The van der Waals surface area contributed by atoms with Gasteiger partial charge in [-0.2, -0.15) is 5.26 Å². The highest BCUT2D eigenvalue weighted by atomic mass is 32.2. The van der Waals surface area contributed by atoms with Crippen LogP contribution in [-0.4, -0.2) is 45.1 Å². The Balaban J connectivity index is 1.33. The SMILES string of the molecule is Cc1cc(-c2ccc(S[C@@H]3C[C@@H](C(=O)NC4(C#N)CC4)N(C(=O)C4(C)CC4)C3)c(C)c2)ccn1. The number of thioether (sulfide) groups is 1. The van der Waals surface area contributed by atoms with Gasteiger partial charge in [0.05, 0.1) is 6.07 Å². The smallest absolute Gasteiger partial charge is 0.244 e. The number of nitrogens with one attached hydrogen (secondary N) is 1. The van der Waals surface area contributed by atoms with E-state index in [-0.39, 0.29) is 22.5 Å². The molecule has 1 N–H and O–H groups in total. The minimum Gasteiger partial charge on any atom is -0.336 e. The second-order valence-corrected chi connectivity index (χ2v) is 11.7. The number of carbonyl (C=O) groups excluding carboxylic acids is 2. The van der Waals surface area contributed by atoms with Gasteiger partial charge in [-0.15, -0.1) is 11.8 Å². The molecule has 1 saturated heterocycles. The lowest BCUT2D eigenvalue weighted by molar-refractivity contribution is -0.142. The van der Waals surface area contributed by atoms with Crippen molar-refractivity contribution in [3.05, 3.63) is 47.8 Å². The Morgan fingerprint density at radius 1 is 1.15 bits per heavy atom. The zero-order valence-corrected chi connectivity index (χ0v) is 20.7. The van der Waals surface area contributed by atoms with Crippen LogP contribution < -0.4 is 5.32 Å². The van der Waals surface area contributed by atoms with Gasteiger partial charge in [0.25, 0.3) is 0 Å². The molecule has 0 unspecified atom stereocenters. The normalized spacial score (nSPS) is 23.8. The van der Waals surface area contributed by atoms with E-state index in [4.69, 9.17) is 0 Å². The van der Waals surface area contributed by atoms with Crippen molar-refractivity contribution in [2.75, 3.05) is 6.54 Å². The largest absolute Gasteiger partial charge is 0.336 e. The van der Waals surface area contributed by atoms with E-state index in [1.54, 1.807) is 16.7 Å². The van der Waals surface area contributed by atoms with Crippen molar-refractivity contribution in [3.8, 4) is 17.2 Å². The van der Waals surface area contributed by atoms with Crippen LogP contribution in [0.4, 0.5) is 0 Å². The van der Waals surface area contributed by atoms with Gasteiger partial charge in [0.2, 0.25) is 11.8 Å². The molecule has 6 nitrogen and oxygen atoms in total. The lowest BCUT2D eigenvalue weighted by Crippen LogP contribution is -2.50. The Labute approximate surface area is 205 Å². The molecule has 1 aliphatic heterocycles. The Morgan fingerprint density at radius 2 is 1.88 bits per heavy atom. The summed E-state index contributed by atoms with van der Waals surface area (Å²) in [6, 6.07) is 12.3. The van der Waals surface area contributed by atoms with Crippen molar-refractivity contribution >= 4 is 23.6 Å². The standard InChI is InChI=1S/C27H30N4O2S/c1-17-12-19(20-6-11-29-18(2)13-20)4-5-23(17)34-21-14-22(24(32)30-27(16-28)9-10-27)31(15-21)25(33)26(3)7-8-26/h4-6,11-13,21-22H,7-10,14-15H2,1-3H3,(H,30,32)/t21-,22+/m1/s1. The maximum Gasteiger partial charge on any atom is 0.244 e. The number of hydrogen-bond acceptors (Lipinski definition) is 5. The summed E-state index contributed by atoms with van der Waals surface area (Å²) in [6.45, 7) is 6.65. The van der Waals surface area contributed by atoms with Crippen molar-refractivity contribution in [2.45, 2.75) is 74.6 Å².